The summed E-state index contributed by atoms with van der Waals surface area (Å²) in [4.78, 5) is 20.5. The minimum Gasteiger partial charge on any atom is -0.346 e. The van der Waals surface area contributed by atoms with Gasteiger partial charge in [0.1, 0.15) is 5.65 Å². The molecular formula is C15H13BrN4O. The second kappa shape index (κ2) is 5.65. The van der Waals surface area contributed by atoms with Crippen LogP contribution in [-0.4, -0.2) is 20.3 Å². The van der Waals surface area contributed by atoms with Gasteiger partial charge in [0.2, 0.25) is 0 Å². The van der Waals surface area contributed by atoms with E-state index in [1.54, 1.807) is 12.3 Å². The van der Waals surface area contributed by atoms with E-state index in [1.165, 1.54) is 6.20 Å². The molecule has 0 spiro atoms. The number of nitrogens with one attached hydrogen (secondary N) is 1. The Kier molecular flexibility index (Phi) is 3.70. The number of aromatic nitrogens is 3. The van der Waals surface area contributed by atoms with Gasteiger partial charge in [0.05, 0.1) is 17.8 Å². The van der Waals surface area contributed by atoms with E-state index in [4.69, 9.17) is 0 Å². The van der Waals surface area contributed by atoms with E-state index in [9.17, 15) is 4.79 Å². The first kappa shape index (κ1) is 13.8. The number of halogens is 1. The van der Waals surface area contributed by atoms with Crippen molar-refractivity contribution in [2.24, 2.45) is 0 Å². The topological polar surface area (TPSA) is 59.3 Å². The molecule has 0 radical (unpaired) electrons. The van der Waals surface area contributed by atoms with Gasteiger partial charge in [0.25, 0.3) is 5.91 Å². The Morgan fingerprint density at radius 1 is 1.43 bits per heavy atom. The first-order valence-electron chi connectivity index (χ1n) is 6.45. The highest BCUT2D eigenvalue weighted by atomic mass is 79.9. The summed E-state index contributed by atoms with van der Waals surface area (Å²) < 4.78 is 2.73. The monoisotopic (exact) mass is 344 g/mol. The highest BCUT2D eigenvalue weighted by Gasteiger charge is 2.08. The van der Waals surface area contributed by atoms with Gasteiger partial charge >= 0.3 is 0 Å². The van der Waals surface area contributed by atoms with Crippen LogP contribution >= 0.6 is 15.9 Å². The smallest absolute Gasteiger partial charge is 0.253 e. The summed E-state index contributed by atoms with van der Waals surface area (Å²) >= 11 is 3.30. The maximum Gasteiger partial charge on any atom is 0.253 e. The Morgan fingerprint density at radius 2 is 2.29 bits per heavy atom. The molecule has 0 aliphatic carbocycles. The number of aryl methyl sites for hydroxylation is 1. The predicted molar refractivity (Wildman–Crippen MR) is 83.0 cm³/mol. The van der Waals surface area contributed by atoms with Gasteiger partial charge in [-0.15, -0.1) is 0 Å². The van der Waals surface area contributed by atoms with Gasteiger partial charge in [-0.3, -0.25) is 9.78 Å². The second-order valence-electron chi connectivity index (χ2n) is 4.73. The van der Waals surface area contributed by atoms with Crippen molar-refractivity contribution < 1.29 is 4.79 Å². The van der Waals surface area contributed by atoms with Crippen molar-refractivity contribution in [1.82, 2.24) is 19.7 Å². The molecule has 0 aromatic carbocycles. The lowest BCUT2D eigenvalue weighted by molar-refractivity contribution is 0.0950. The molecule has 106 valence electrons. The number of carbonyl (C=O) groups is 1. The fourth-order valence-electron chi connectivity index (χ4n) is 2.10. The summed E-state index contributed by atoms with van der Waals surface area (Å²) in [5.74, 6) is -0.169. The van der Waals surface area contributed by atoms with Crippen LogP contribution in [0.5, 0.6) is 0 Å². The molecule has 1 N–H and O–H groups in total. The van der Waals surface area contributed by atoms with E-state index in [2.05, 4.69) is 31.2 Å². The third-order valence-corrected chi connectivity index (χ3v) is 3.56. The van der Waals surface area contributed by atoms with Gasteiger partial charge in [-0.05, 0) is 40.5 Å². The van der Waals surface area contributed by atoms with E-state index in [-0.39, 0.29) is 5.91 Å². The highest BCUT2D eigenvalue weighted by Crippen LogP contribution is 2.11. The molecular weight excluding hydrogens is 332 g/mol. The minimum atomic E-state index is -0.169. The van der Waals surface area contributed by atoms with Gasteiger partial charge in [-0.25, -0.2) is 4.98 Å². The number of imidazole rings is 1. The number of rotatable bonds is 3. The van der Waals surface area contributed by atoms with Crippen LogP contribution in [0.3, 0.4) is 0 Å². The standard InChI is InChI=1S/C15H13BrN4O/c1-10-3-2-4-20-9-13(19-14(10)20)8-18-15(21)11-5-12(16)7-17-6-11/h2-7,9H,8H2,1H3,(H,18,21). The Hall–Kier alpha value is -2.21. The van der Waals surface area contributed by atoms with Crippen LogP contribution in [0, 0.1) is 6.92 Å². The largest absolute Gasteiger partial charge is 0.346 e. The Morgan fingerprint density at radius 3 is 3.05 bits per heavy atom. The molecule has 0 aliphatic rings. The van der Waals surface area contributed by atoms with Crippen LogP contribution in [0.2, 0.25) is 0 Å². The molecule has 0 saturated heterocycles. The van der Waals surface area contributed by atoms with Crippen molar-refractivity contribution in [3.63, 3.8) is 0 Å². The summed E-state index contributed by atoms with van der Waals surface area (Å²) in [5, 5.41) is 2.85. The van der Waals surface area contributed by atoms with E-state index in [1.807, 2.05) is 35.9 Å². The molecule has 0 unspecified atom stereocenters. The van der Waals surface area contributed by atoms with Gasteiger partial charge in [-0.1, -0.05) is 6.07 Å². The summed E-state index contributed by atoms with van der Waals surface area (Å²) in [5.41, 5.74) is 3.35. The summed E-state index contributed by atoms with van der Waals surface area (Å²) in [6.45, 7) is 2.39. The normalized spacial score (nSPS) is 10.8. The van der Waals surface area contributed by atoms with Crippen molar-refractivity contribution >= 4 is 27.5 Å². The molecule has 21 heavy (non-hydrogen) atoms. The third kappa shape index (κ3) is 2.95. The minimum absolute atomic E-state index is 0.169. The number of carbonyl (C=O) groups excluding carboxylic acids is 1. The first-order chi connectivity index (χ1) is 10.1. The van der Waals surface area contributed by atoms with Crippen LogP contribution in [-0.2, 0) is 6.54 Å². The van der Waals surface area contributed by atoms with E-state index in [0.29, 0.717) is 12.1 Å². The van der Waals surface area contributed by atoms with Gasteiger partial charge in [0.15, 0.2) is 0 Å². The Bertz CT molecular complexity index is 812. The third-order valence-electron chi connectivity index (χ3n) is 3.12. The lowest BCUT2D eigenvalue weighted by Crippen LogP contribution is -2.23. The number of nitrogens with zero attached hydrogens (tertiary/aromatic N) is 3. The fraction of sp³-hybridized carbons (Fsp3) is 0.133. The van der Waals surface area contributed by atoms with E-state index < -0.39 is 0 Å². The number of fused-ring (bicyclic) bond motifs is 1. The van der Waals surface area contributed by atoms with E-state index in [0.717, 1.165) is 21.4 Å². The molecule has 0 saturated carbocycles. The first-order valence-corrected chi connectivity index (χ1v) is 7.25. The van der Waals surface area contributed by atoms with Crippen molar-refractivity contribution in [3.8, 4) is 0 Å². The van der Waals surface area contributed by atoms with Crippen LogP contribution in [0.4, 0.5) is 0 Å². The van der Waals surface area contributed by atoms with Gasteiger partial charge in [-0.2, -0.15) is 0 Å². The average Bonchev–Trinajstić information content (AvgIpc) is 2.89. The van der Waals surface area contributed by atoms with Crippen LogP contribution < -0.4 is 5.32 Å². The quantitative estimate of drug-likeness (QED) is 0.794. The maximum atomic E-state index is 12.0. The number of pyridine rings is 2. The molecule has 0 aliphatic heterocycles. The van der Waals surface area contributed by atoms with Crippen LogP contribution in [0.1, 0.15) is 21.6 Å². The molecule has 3 heterocycles. The summed E-state index contributed by atoms with van der Waals surface area (Å²) in [6.07, 6.45) is 7.04. The predicted octanol–water partition coefficient (Wildman–Crippen LogP) is 2.73. The number of hydrogen-bond donors (Lipinski definition) is 1. The molecule has 6 heteroatoms. The second-order valence-corrected chi connectivity index (χ2v) is 5.64. The zero-order chi connectivity index (χ0) is 14.8. The van der Waals surface area contributed by atoms with Gasteiger partial charge in [0, 0.05) is 29.3 Å². The molecule has 1 amide bonds. The number of hydrogen-bond acceptors (Lipinski definition) is 3. The lowest BCUT2D eigenvalue weighted by atomic mass is 10.2. The van der Waals surface area contributed by atoms with Crippen molar-refractivity contribution in [2.75, 3.05) is 0 Å². The average molecular weight is 345 g/mol. The summed E-state index contributed by atoms with van der Waals surface area (Å²) in [6, 6.07) is 5.72. The summed E-state index contributed by atoms with van der Waals surface area (Å²) in [7, 11) is 0. The van der Waals surface area contributed by atoms with E-state index >= 15 is 0 Å². The molecule has 0 atom stereocenters. The fourth-order valence-corrected chi connectivity index (χ4v) is 2.46. The van der Waals surface area contributed by atoms with Crippen LogP contribution in [0.15, 0.2) is 47.5 Å². The van der Waals surface area contributed by atoms with Crippen molar-refractivity contribution in [3.05, 3.63) is 64.3 Å². The Labute approximate surface area is 130 Å². The number of amides is 1. The maximum absolute atomic E-state index is 12.0. The van der Waals surface area contributed by atoms with Gasteiger partial charge < -0.3 is 9.72 Å². The zero-order valence-corrected chi connectivity index (χ0v) is 13.0. The SMILES string of the molecule is Cc1cccn2cc(CNC(=O)c3cncc(Br)c3)nc12. The lowest BCUT2D eigenvalue weighted by Gasteiger charge is -2.02. The van der Waals surface area contributed by atoms with Crippen molar-refractivity contribution in [1.29, 1.82) is 0 Å². The molecule has 0 bridgehead atoms. The van der Waals surface area contributed by atoms with Crippen molar-refractivity contribution in [2.45, 2.75) is 13.5 Å². The highest BCUT2D eigenvalue weighted by molar-refractivity contribution is 9.10. The molecule has 3 rings (SSSR count). The molecule has 0 fully saturated rings. The molecule has 3 aromatic rings. The zero-order valence-electron chi connectivity index (χ0n) is 11.4. The Balaban J connectivity index is 1.74. The molecule has 3 aromatic heterocycles. The molecule has 5 nitrogen and oxygen atoms in total. The van der Waals surface area contributed by atoms with Crippen LogP contribution in [0.25, 0.3) is 5.65 Å².